The smallest absolute Gasteiger partial charge is 0.338 e. The van der Waals surface area contributed by atoms with E-state index >= 15 is 0 Å². The molecule has 0 spiro atoms. The Labute approximate surface area is 170 Å². The Morgan fingerprint density at radius 2 is 1.92 bits per heavy atom. The van der Waals surface area contributed by atoms with Gasteiger partial charge >= 0.3 is 5.97 Å². The maximum atomic E-state index is 12.3. The van der Waals surface area contributed by atoms with Gasteiger partial charge in [-0.3, -0.25) is 4.90 Å². The number of hydrogen-bond acceptors (Lipinski definition) is 3. The van der Waals surface area contributed by atoms with Crippen LogP contribution in [0, 0.1) is 0 Å². The number of piperidine rings is 1. The second-order valence-electron chi connectivity index (χ2n) is 6.67. The number of ether oxygens (including phenoxy) is 1. The third-order valence-corrected chi connectivity index (χ3v) is 5.34. The molecule has 1 atom stereocenters. The molecule has 0 aliphatic carbocycles. The zero-order valence-corrected chi connectivity index (χ0v) is 17.4. The number of nitrogens with zero attached hydrogens (tertiary/aromatic N) is 1. The number of esters is 1. The molecule has 2 aromatic carbocycles. The minimum absolute atomic E-state index is 0. The molecule has 1 unspecified atom stereocenters. The number of carbonyl (C=O) groups is 1. The molecular weight excluding hydrogens is 414 g/mol. The van der Waals surface area contributed by atoms with Crippen molar-refractivity contribution in [1.29, 1.82) is 0 Å². The summed E-state index contributed by atoms with van der Waals surface area (Å²) in [4.78, 5) is 14.8. The summed E-state index contributed by atoms with van der Waals surface area (Å²) in [6.07, 6.45) is 3.86. The first-order valence-electron chi connectivity index (χ1n) is 8.87. The van der Waals surface area contributed by atoms with Crippen LogP contribution in [-0.2, 0) is 17.9 Å². The molecule has 1 heterocycles. The predicted molar refractivity (Wildman–Crippen MR) is 111 cm³/mol. The maximum absolute atomic E-state index is 12.3. The van der Waals surface area contributed by atoms with E-state index in [1.807, 2.05) is 18.2 Å². The molecule has 3 nitrogen and oxygen atoms in total. The molecule has 0 bridgehead atoms. The van der Waals surface area contributed by atoms with E-state index in [0.717, 1.165) is 23.1 Å². The van der Waals surface area contributed by atoms with Gasteiger partial charge in [0.2, 0.25) is 0 Å². The van der Waals surface area contributed by atoms with E-state index in [1.54, 1.807) is 12.1 Å². The third kappa shape index (κ3) is 5.57. The largest absolute Gasteiger partial charge is 0.457 e. The Kier molecular flexibility index (Phi) is 8.14. The Morgan fingerprint density at radius 3 is 2.65 bits per heavy atom. The molecule has 1 aliphatic rings. The quantitative estimate of drug-likeness (QED) is 0.569. The zero-order chi connectivity index (χ0) is 17.6. The summed E-state index contributed by atoms with van der Waals surface area (Å²) < 4.78 is 6.42. The summed E-state index contributed by atoms with van der Waals surface area (Å²) in [5, 5.41) is 0. The highest BCUT2D eigenvalue weighted by Crippen LogP contribution is 2.21. The van der Waals surface area contributed by atoms with E-state index in [9.17, 15) is 4.79 Å². The van der Waals surface area contributed by atoms with Gasteiger partial charge < -0.3 is 4.74 Å². The molecule has 1 fully saturated rings. The van der Waals surface area contributed by atoms with Gasteiger partial charge in [-0.05, 0) is 55.6 Å². The fourth-order valence-corrected chi connectivity index (χ4v) is 3.71. The Hall–Kier alpha value is -1.36. The number of carbonyl (C=O) groups excluding carboxylic acids is 1. The van der Waals surface area contributed by atoms with Crippen LogP contribution in [-0.4, -0.2) is 23.5 Å². The molecule has 0 amide bonds. The van der Waals surface area contributed by atoms with Crippen molar-refractivity contribution in [1.82, 2.24) is 4.90 Å². The standard InChI is InChI=1S/C21H24BrNO2.ClH/c1-16-7-4-5-12-23(16)14-18-8-2-3-9-19(18)15-25-21(24)17-10-6-11-20(22)13-17;/h2-3,6,8-11,13,16H,4-5,7,12,14-15H2,1H3;1H. The van der Waals surface area contributed by atoms with Crippen LogP contribution >= 0.6 is 28.3 Å². The lowest BCUT2D eigenvalue weighted by Crippen LogP contribution is -2.37. The van der Waals surface area contributed by atoms with E-state index < -0.39 is 0 Å². The lowest BCUT2D eigenvalue weighted by atomic mass is 10.0. The lowest BCUT2D eigenvalue weighted by Gasteiger charge is -2.33. The number of hydrogen-bond donors (Lipinski definition) is 0. The van der Waals surface area contributed by atoms with E-state index in [2.05, 4.69) is 46.0 Å². The number of halogens is 2. The second kappa shape index (κ2) is 10.1. The molecule has 1 saturated heterocycles. The van der Waals surface area contributed by atoms with Crippen molar-refractivity contribution in [2.24, 2.45) is 0 Å². The van der Waals surface area contributed by atoms with Crippen LogP contribution in [0.25, 0.3) is 0 Å². The Balaban J connectivity index is 0.00000243. The van der Waals surface area contributed by atoms with Crippen molar-refractivity contribution in [2.45, 2.75) is 45.4 Å². The molecule has 0 radical (unpaired) electrons. The highest BCUT2D eigenvalue weighted by atomic mass is 79.9. The van der Waals surface area contributed by atoms with Gasteiger partial charge in [-0.1, -0.05) is 52.7 Å². The van der Waals surface area contributed by atoms with E-state index in [-0.39, 0.29) is 18.4 Å². The summed E-state index contributed by atoms with van der Waals surface area (Å²) in [5.41, 5.74) is 2.90. The molecule has 140 valence electrons. The summed E-state index contributed by atoms with van der Waals surface area (Å²) >= 11 is 3.39. The maximum Gasteiger partial charge on any atom is 0.338 e. The van der Waals surface area contributed by atoms with Crippen molar-refractivity contribution < 1.29 is 9.53 Å². The highest BCUT2D eigenvalue weighted by molar-refractivity contribution is 9.10. The van der Waals surface area contributed by atoms with Crippen molar-refractivity contribution in [3.63, 3.8) is 0 Å². The number of likely N-dealkylation sites (tertiary alicyclic amines) is 1. The third-order valence-electron chi connectivity index (χ3n) is 4.85. The lowest BCUT2D eigenvalue weighted by molar-refractivity contribution is 0.0470. The molecule has 1 aliphatic heterocycles. The molecule has 26 heavy (non-hydrogen) atoms. The normalized spacial score (nSPS) is 17.4. The molecular formula is C21H25BrClNO2. The Morgan fingerprint density at radius 1 is 1.15 bits per heavy atom. The summed E-state index contributed by atoms with van der Waals surface area (Å²) in [5.74, 6) is -0.289. The molecule has 3 rings (SSSR count). The van der Waals surface area contributed by atoms with Crippen LogP contribution < -0.4 is 0 Å². The molecule has 0 N–H and O–H groups in total. The minimum atomic E-state index is -0.289. The van der Waals surface area contributed by atoms with Crippen LogP contribution in [0.4, 0.5) is 0 Å². The topological polar surface area (TPSA) is 29.5 Å². The number of benzene rings is 2. The molecule has 5 heteroatoms. The zero-order valence-electron chi connectivity index (χ0n) is 15.0. The van der Waals surface area contributed by atoms with Crippen molar-refractivity contribution in [2.75, 3.05) is 6.54 Å². The van der Waals surface area contributed by atoms with E-state index in [1.165, 1.54) is 24.8 Å². The van der Waals surface area contributed by atoms with Gasteiger partial charge in [0.15, 0.2) is 0 Å². The van der Waals surface area contributed by atoms with Gasteiger partial charge in [0.1, 0.15) is 6.61 Å². The Bertz CT molecular complexity index is 737. The molecule has 2 aromatic rings. The fraction of sp³-hybridized carbons (Fsp3) is 0.381. The summed E-state index contributed by atoms with van der Waals surface area (Å²) in [6.45, 7) is 4.68. The first-order valence-corrected chi connectivity index (χ1v) is 9.66. The van der Waals surface area contributed by atoms with Crippen LogP contribution in [0.15, 0.2) is 53.0 Å². The molecule has 0 saturated carbocycles. The summed E-state index contributed by atoms with van der Waals surface area (Å²) in [7, 11) is 0. The van der Waals surface area contributed by atoms with Crippen LogP contribution in [0.5, 0.6) is 0 Å². The molecule has 0 aromatic heterocycles. The monoisotopic (exact) mass is 437 g/mol. The van der Waals surface area contributed by atoms with Crippen molar-refractivity contribution >= 4 is 34.3 Å². The van der Waals surface area contributed by atoms with Gasteiger partial charge in [-0.2, -0.15) is 0 Å². The average Bonchev–Trinajstić information content (AvgIpc) is 2.62. The predicted octanol–water partition coefficient (Wildman–Crippen LogP) is 5.60. The average molecular weight is 439 g/mol. The first-order chi connectivity index (χ1) is 12.1. The first kappa shape index (κ1) is 20.9. The van der Waals surface area contributed by atoms with Crippen molar-refractivity contribution in [3.8, 4) is 0 Å². The van der Waals surface area contributed by atoms with Crippen LogP contribution in [0.1, 0.15) is 47.7 Å². The fourth-order valence-electron chi connectivity index (χ4n) is 3.31. The van der Waals surface area contributed by atoms with E-state index in [4.69, 9.17) is 4.74 Å². The van der Waals surface area contributed by atoms with Crippen LogP contribution in [0.2, 0.25) is 0 Å². The van der Waals surface area contributed by atoms with E-state index in [0.29, 0.717) is 18.2 Å². The van der Waals surface area contributed by atoms with Gasteiger partial charge in [0.05, 0.1) is 5.56 Å². The van der Waals surface area contributed by atoms with Gasteiger partial charge in [-0.15, -0.1) is 12.4 Å². The minimum Gasteiger partial charge on any atom is -0.457 e. The van der Waals surface area contributed by atoms with Crippen LogP contribution in [0.3, 0.4) is 0 Å². The van der Waals surface area contributed by atoms with Gasteiger partial charge in [0, 0.05) is 17.1 Å². The number of rotatable bonds is 5. The van der Waals surface area contributed by atoms with Gasteiger partial charge in [-0.25, -0.2) is 4.79 Å². The SMILES string of the molecule is CC1CCCCN1Cc1ccccc1COC(=O)c1cccc(Br)c1.Cl. The second-order valence-corrected chi connectivity index (χ2v) is 7.59. The van der Waals surface area contributed by atoms with Crippen molar-refractivity contribution in [3.05, 3.63) is 69.7 Å². The summed E-state index contributed by atoms with van der Waals surface area (Å²) in [6, 6.07) is 16.2. The van der Waals surface area contributed by atoms with Gasteiger partial charge in [0.25, 0.3) is 0 Å². The highest BCUT2D eigenvalue weighted by Gasteiger charge is 2.19.